The Balaban J connectivity index is 1.19. The van der Waals surface area contributed by atoms with E-state index in [-0.39, 0.29) is 0 Å². The van der Waals surface area contributed by atoms with Crippen LogP contribution < -0.4 is 10.4 Å². The summed E-state index contributed by atoms with van der Waals surface area (Å²) in [6.45, 7) is 4.86. The molecular weight excluding hydrogens is 591 g/mol. The van der Waals surface area contributed by atoms with Gasteiger partial charge in [-0.3, -0.25) is 0 Å². The molecule has 0 spiro atoms. The number of para-hydroxylation sites is 2. The van der Waals surface area contributed by atoms with E-state index in [1.807, 2.05) is 12.1 Å². The van der Waals surface area contributed by atoms with Gasteiger partial charge in [-0.15, -0.1) is 0 Å². The lowest BCUT2D eigenvalue weighted by atomic mass is 10.1. The Labute approximate surface area is 272 Å². The van der Waals surface area contributed by atoms with Gasteiger partial charge in [0.05, 0.1) is 27.8 Å². The molecule has 10 rings (SSSR count). The Morgan fingerprint density at radius 2 is 1.26 bits per heavy atom. The highest BCUT2D eigenvalue weighted by Gasteiger charge is 2.41. The number of fused-ring (bicyclic) bond motifs is 10. The average molecular weight is 620 g/mol. The van der Waals surface area contributed by atoms with Gasteiger partial charge < -0.3 is 8.98 Å². The summed E-state index contributed by atoms with van der Waals surface area (Å²) in [6, 6.07) is 49.4. The molecule has 4 nitrogen and oxygen atoms in total. The van der Waals surface area contributed by atoms with E-state index in [9.17, 15) is 0 Å². The molecule has 6 aromatic carbocycles. The van der Waals surface area contributed by atoms with Crippen LogP contribution in [0.2, 0.25) is 13.1 Å². The highest BCUT2D eigenvalue weighted by Crippen LogP contribution is 2.41. The van der Waals surface area contributed by atoms with Crippen LogP contribution >= 0.6 is 0 Å². The molecule has 0 atom stereocenters. The lowest BCUT2D eigenvalue weighted by molar-refractivity contribution is 0.673. The van der Waals surface area contributed by atoms with E-state index in [1.54, 1.807) is 0 Å². The Kier molecular flexibility index (Phi) is 5.41. The second-order valence-electron chi connectivity index (χ2n) is 13.0. The van der Waals surface area contributed by atoms with Gasteiger partial charge in [0.1, 0.15) is 19.2 Å². The molecule has 0 bridgehead atoms. The van der Waals surface area contributed by atoms with Crippen LogP contribution in [0, 0.1) is 0 Å². The van der Waals surface area contributed by atoms with Crippen molar-refractivity contribution >= 4 is 62.2 Å². The zero-order valence-electron chi connectivity index (χ0n) is 26.0. The molecule has 9 aromatic rings. The van der Waals surface area contributed by atoms with Crippen LogP contribution in [-0.4, -0.2) is 22.6 Å². The van der Waals surface area contributed by atoms with Gasteiger partial charge in [-0.1, -0.05) is 116 Å². The van der Waals surface area contributed by atoms with Crippen LogP contribution in [0.25, 0.3) is 83.3 Å². The van der Waals surface area contributed by atoms with Crippen molar-refractivity contribution < 1.29 is 4.42 Å². The second-order valence-corrected chi connectivity index (χ2v) is 17.3. The minimum atomic E-state index is -2.05. The molecular formula is C42H29N3OSi. The van der Waals surface area contributed by atoms with E-state index in [0.717, 1.165) is 72.4 Å². The number of nitrogens with zero attached hydrogens (tertiary/aromatic N) is 3. The van der Waals surface area contributed by atoms with Crippen molar-refractivity contribution in [3.8, 4) is 39.6 Å². The van der Waals surface area contributed by atoms with Gasteiger partial charge in [0.2, 0.25) is 0 Å². The molecule has 47 heavy (non-hydrogen) atoms. The maximum atomic E-state index is 6.51. The zero-order valence-corrected chi connectivity index (χ0v) is 27.0. The van der Waals surface area contributed by atoms with Crippen molar-refractivity contribution in [2.24, 2.45) is 0 Å². The van der Waals surface area contributed by atoms with Crippen LogP contribution in [0.4, 0.5) is 0 Å². The van der Waals surface area contributed by atoms with Gasteiger partial charge in [-0.05, 0) is 52.3 Å². The fourth-order valence-electron chi connectivity index (χ4n) is 7.82. The largest absolute Gasteiger partial charge is 0.455 e. The first-order chi connectivity index (χ1) is 23.1. The summed E-state index contributed by atoms with van der Waals surface area (Å²) in [5, 5.41) is 7.36. The Morgan fingerprint density at radius 1 is 0.553 bits per heavy atom. The van der Waals surface area contributed by atoms with Crippen LogP contribution in [0.3, 0.4) is 0 Å². The molecule has 0 saturated carbocycles. The van der Waals surface area contributed by atoms with Crippen molar-refractivity contribution in [1.29, 1.82) is 0 Å². The monoisotopic (exact) mass is 619 g/mol. The fraction of sp³-hybridized carbons (Fsp3) is 0.0476. The molecule has 0 aliphatic carbocycles. The number of furan rings is 1. The van der Waals surface area contributed by atoms with E-state index < -0.39 is 8.07 Å². The van der Waals surface area contributed by atoms with Crippen LogP contribution in [-0.2, 0) is 0 Å². The molecule has 1 aliphatic rings. The average Bonchev–Trinajstić information content (AvgIpc) is 3.74. The molecule has 5 heteroatoms. The van der Waals surface area contributed by atoms with E-state index in [0.29, 0.717) is 0 Å². The summed E-state index contributed by atoms with van der Waals surface area (Å²) >= 11 is 0. The first kappa shape index (κ1) is 26.4. The lowest BCUT2D eigenvalue weighted by Gasteiger charge is -2.21. The van der Waals surface area contributed by atoms with Crippen molar-refractivity contribution in [3.05, 3.63) is 140 Å². The van der Waals surface area contributed by atoms with E-state index >= 15 is 0 Å². The Bertz CT molecular complexity index is 2700. The standard InChI is InChI=1S/C42H29N3OSi/c1-47(2)36-19-11-8-16-32(36)39-41(47)38(43-42(44-39)27-12-4-3-5-13-27)26-20-22-28(23-21-26)45-33-17-9-6-15-31(33)37-34(45)25-24-30-29-14-7-10-18-35(29)46-40(30)37/h3-25H,1-2H3. The smallest absolute Gasteiger partial charge is 0.160 e. The SMILES string of the molecule is C[Si]1(C)c2ccccc2-c2nc(-c3ccccc3)nc(-c3ccc(-n4c5ccccc5c5c6oc7ccccc7c6ccc54)cc3)c21. The van der Waals surface area contributed by atoms with E-state index in [1.165, 1.54) is 21.3 Å². The number of rotatable bonds is 3. The number of hydrogen-bond acceptors (Lipinski definition) is 3. The molecule has 0 unspecified atom stereocenters. The summed E-state index contributed by atoms with van der Waals surface area (Å²) in [5.74, 6) is 0.766. The maximum Gasteiger partial charge on any atom is 0.160 e. The van der Waals surface area contributed by atoms with E-state index in [4.69, 9.17) is 14.4 Å². The van der Waals surface area contributed by atoms with Gasteiger partial charge in [-0.25, -0.2) is 9.97 Å². The molecule has 0 fully saturated rings. The van der Waals surface area contributed by atoms with Crippen molar-refractivity contribution in [2.45, 2.75) is 13.1 Å². The maximum absolute atomic E-state index is 6.51. The molecule has 222 valence electrons. The highest BCUT2D eigenvalue weighted by atomic mass is 28.3. The topological polar surface area (TPSA) is 43.9 Å². The third-order valence-corrected chi connectivity index (χ3v) is 13.5. The van der Waals surface area contributed by atoms with Crippen molar-refractivity contribution in [3.63, 3.8) is 0 Å². The molecule has 0 amide bonds. The molecule has 0 N–H and O–H groups in total. The van der Waals surface area contributed by atoms with Crippen LogP contribution in [0.5, 0.6) is 0 Å². The first-order valence-corrected chi connectivity index (χ1v) is 19.1. The normalized spacial score (nSPS) is 13.5. The minimum absolute atomic E-state index is 0.766. The fourth-order valence-corrected chi connectivity index (χ4v) is 11.1. The first-order valence-electron chi connectivity index (χ1n) is 16.1. The highest BCUT2D eigenvalue weighted by molar-refractivity contribution is 7.04. The predicted octanol–water partition coefficient (Wildman–Crippen LogP) is 9.61. The van der Waals surface area contributed by atoms with Gasteiger partial charge in [0, 0.05) is 33.0 Å². The second kappa shape index (κ2) is 9.61. The summed E-state index contributed by atoms with van der Waals surface area (Å²) in [6.07, 6.45) is 0. The third-order valence-electron chi connectivity index (χ3n) is 10.0. The van der Waals surface area contributed by atoms with Crippen molar-refractivity contribution in [2.75, 3.05) is 0 Å². The number of benzene rings is 6. The van der Waals surface area contributed by atoms with Crippen molar-refractivity contribution in [1.82, 2.24) is 14.5 Å². The molecule has 4 heterocycles. The Morgan fingerprint density at radius 3 is 2.11 bits per heavy atom. The Hall–Kier alpha value is -5.78. The van der Waals surface area contributed by atoms with Gasteiger partial charge in [0.25, 0.3) is 0 Å². The molecule has 1 aliphatic heterocycles. The molecule has 0 radical (unpaired) electrons. The summed E-state index contributed by atoms with van der Waals surface area (Å²) in [4.78, 5) is 10.5. The van der Waals surface area contributed by atoms with Gasteiger partial charge in [-0.2, -0.15) is 0 Å². The lowest BCUT2D eigenvalue weighted by Crippen LogP contribution is -2.50. The third kappa shape index (κ3) is 3.69. The van der Waals surface area contributed by atoms with Crippen LogP contribution in [0.1, 0.15) is 0 Å². The van der Waals surface area contributed by atoms with Crippen LogP contribution in [0.15, 0.2) is 144 Å². The molecule has 3 aromatic heterocycles. The van der Waals surface area contributed by atoms with E-state index in [2.05, 4.69) is 145 Å². The predicted molar refractivity (Wildman–Crippen MR) is 197 cm³/mol. The van der Waals surface area contributed by atoms with Gasteiger partial charge in [0.15, 0.2) is 5.82 Å². The zero-order chi connectivity index (χ0) is 31.3. The number of aromatic nitrogens is 3. The quantitative estimate of drug-likeness (QED) is 0.185. The summed E-state index contributed by atoms with van der Waals surface area (Å²) in [5.41, 5.74) is 10.7. The number of hydrogen-bond donors (Lipinski definition) is 0. The summed E-state index contributed by atoms with van der Waals surface area (Å²) in [7, 11) is -2.05. The minimum Gasteiger partial charge on any atom is -0.455 e. The van der Waals surface area contributed by atoms with Gasteiger partial charge >= 0.3 is 0 Å². The summed E-state index contributed by atoms with van der Waals surface area (Å²) < 4.78 is 8.87. The molecule has 0 saturated heterocycles.